The maximum Gasteiger partial charge on any atom is 0.281 e. The lowest BCUT2D eigenvalue weighted by molar-refractivity contribution is 0.192. The summed E-state index contributed by atoms with van der Waals surface area (Å²) in [5, 5.41) is 7.97. The van der Waals surface area contributed by atoms with E-state index in [-0.39, 0.29) is 5.17 Å². The van der Waals surface area contributed by atoms with Crippen molar-refractivity contribution >= 4 is 17.4 Å². The van der Waals surface area contributed by atoms with Crippen LogP contribution in [0, 0.1) is 0 Å². The fraction of sp³-hybridized carbons (Fsp3) is 0.250. The molecule has 0 unspecified atom stereocenters. The maximum atomic E-state index is 8.01. The first-order chi connectivity index (χ1) is 3.81. The molecule has 3 nitrogen and oxygen atoms in total. The van der Waals surface area contributed by atoms with Crippen LogP contribution in [0.3, 0.4) is 0 Å². The van der Waals surface area contributed by atoms with Gasteiger partial charge in [0, 0.05) is 0 Å². The van der Waals surface area contributed by atoms with Crippen molar-refractivity contribution < 1.29 is 9.94 Å². The number of hydrogen-bond acceptors (Lipinski definition) is 3. The highest BCUT2D eigenvalue weighted by atomic mass is 32.1. The van der Waals surface area contributed by atoms with Crippen molar-refractivity contribution in [2.45, 2.75) is 0 Å². The van der Waals surface area contributed by atoms with Crippen molar-refractivity contribution in [1.82, 2.24) is 5.48 Å². The molecule has 0 heterocycles. The van der Waals surface area contributed by atoms with E-state index in [0.717, 1.165) is 0 Å². The first-order valence-electron chi connectivity index (χ1n) is 1.99. The number of hydrogen-bond donors (Lipinski definition) is 2. The number of hydroxylamine groups is 1. The van der Waals surface area contributed by atoms with Gasteiger partial charge in [0.05, 0.1) is 0 Å². The summed E-state index contributed by atoms with van der Waals surface area (Å²) >= 11 is 4.39. The van der Waals surface area contributed by atoms with E-state index in [9.17, 15) is 0 Å². The quantitative estimate of drug-likeness (QED) is 0.326. The Morgan fingerprint density at radius 3 is 3.00 bits per heavy atom. The molecule has 8 heavy (non-hydrogen) atoms. The summed E-state index contributed by atoms with van der Waals surface area (Å²) in [5.41, 5.74) is 1.66. The van der Waals surface area contributed by atoms with E-state index in [0.29, 0.717) is 6.61 Å². The molecule has 0 atom stereocenters. The van der Waals surface area contributed by atoms with E-state index in [4.69, 9.17) is 5.21 Å². The van der Waals surface area contributed by atoms with Crippen LogP contribution in [0.25, 0.3) is 0 Å². The predicted molar refractivity (Wildman–Crippen MR) is 33.7 cm³/mol. The molecule has 46 valence electrons. The van der Waals surface area contributed by atoms with E-state index >= 15 is 0 Å². The molecular weight excluding hydrogens is 126 g/mol. The van der Waals surface area contributed by atoms with Crippen LogP contribution in [0.1, 0.15) is 0 Å². The molecule has 0 radical (unpaired) electrons. The van der Waals surface area contributed by atoms with E-state index in [1.165, 1.54) is 6.08 Å². The second-order valence-corrected chi connectivity index (χ2v) is 1.37. The normalized spacial score (nSPS) is 7.62. The third-order valence-electron chi connectivity index (χ3n) is 0.424. The van der Waals surface area contributed by atoms with Gasteiger partial charge in [0.15, 0.2) is 0 Å². The van der Waals surface area contributed by atoms with Crippen LogP contribution in [-0.2, 0) is 4.74 Å². The average molecular weight is 133 g/mol. The molecule has 0 amide bonds. The Bertz CT molecular complexity index is 94.0. The van der Waals surface area contributed by atoms with Gasteiger partial charge in [-0.1, -0.05) is 12.7 Å². The number of ether oxygens (including phenoxy) is 1. The molecule has 0 aromatic carbocycles. The molecule has 4 heteroatoms. The van der Waals surface area contributed by atoms with E-state index in [1.807, 2.05) is 0 Å². The fourth-order valence-corrected chi connectivity index (χ4v) is 0.235. The molecule has 0 rings (SSSR count). The van der Waals surface area contributed by atoms with Crippen molar-refractivity contribution in [3.05, 3.63) is 12.7 Å². The Kier molecular flexibility index (Phi) is 4.20. The molecule has 0 saturated carbocycles. The van der Waals surface area contributed by atoms with Gasteiger partial charge in [0.1, 0.15) is 6.61 Å². The molecule has 0 aliphatic carbocycles. The molecule has 0 aliphatic rings. The summed E-state index contributed by atoms with van der Waals surface area (Å²) in [6.07, 6.45) is 1.53. The van der Waals surface area contributed by atoms with Crippen LogP contribution in [-0.4, -0.2) is 17.0 Å². The highest BCUT2D eigenvalue weighted by molar-refractivity contribution is 7.80. The zero-order chi connectivity index (χ0) is 6.41. The second-order valence-electron chi connectivity index (χ2n) is 0.999. The predicted octanol–water partition coefficient (Wildman–Crippen LogP) is 0.453. The summed E-state index contributed by atoms with van der Waals surface area (Å²) in [7, 11) is 0. The van der Waals surface area contributed by atoms with Gasteiger partial charge >= 0.3 is 0 Å². The smallest absolute Gasteiger partial charge is 0.281 e. The molecule has 0 aromatic heterocycles. The van der Waals surface area contributed by atoms with Crippen molar-refractivity contribution in [2.75, 3.05) is 6.61 Å². The van der Waals surface area contributed by atoms with Gasteiger partial charge in [-0.15, -0.1) is 0 Å². The van der Waals surface area contributed by atoms with Gasteiger partial charge < -0.3 is 4.74 Å². The SMILES string of the molecule is C=CCOC(=S)NO. The van der Waals surface area contributed by atoms with Gasteiger partial charge in [-0.25, -0.2) is 5.48 Å². The average Bonchev–Trinajstić information content (AvgIpc) is 1.83. The lowest BCUT2D eigenvalue weighted by Crippen LogP contribution is -2.19. The molecular formula is C4H7NO2S. The minimum Gasteiger partial charge on any atom is -0.465 e. The van der Waals surface area contributed by atoms with Crippen LogP contribution in [0.15, 0.2) is 12.7 Å². The molecule has 0 fully saturated rings. The van der Waals surface area contributed by atoms with Gasteiger partial charge in [-0.2, -0.15) is 0 Å². The van der Waals surface area contributed by atoms with Gasteiger partial charge in [0.2, 0.25) is 0 Å². The van der Waals surface area contributed by atoms with Gasteiger partial charge in [0.25, 0.3) is 5.17 Å². The van der Waals surface area contributed by atoms with Crippen LogP contribution < -0.4 is 5.48 Å². The number of nitrogens with one attached hydrogen (secondary N) is 1. The van der Waals surface area contributed by atoms with Gasteiger partial charge in [-0.05, 0) is 12.2 Å². The standard InChI is InChI=1S/C4H7NO2S/c1-2-3-7-4(8)5-6/h2,6H,1,3H2,(H,5,8). The molecule has 0 spiro atoms. The summed E-state index contributed by atoms with van der Waals surface area (Å²) in [5.74, 6) is 0. The van der Waals surface area contributed by atoms with Gasteiger partial charge in [-0.3, -0.25) is 5.21 Å². The van der Waals surface area contributed by atoms with Crippen LogP contribution in [0.2, 0.25) is 0 Å². The Balaban J connectivity index is 3.11. The Morgan fingerprint density at radius 1 is 2.00 bits per heavy atom. The Morgan fingerprint density at radius 2 is 2.62 bits per heavy atom. The number of thiocarbonyl (C=S) groups is 1. The third kappa shape index (κ3) is 3.58. The summed E-state index contributed by atoms with van der Waals surface area (Å²) in [4.78, 5) is 0. The number of rotatable bonds is 2. The highest BCUT2D eigenvalue weighted by Crippen LogP contribution is 1.75. The van der Waals surface area contributed by atoms with Crippen molar-refractivity contribution in [1.29, 1.82) is 0 Å². The Labute approximate surface area is 52.9 Å². The Hall–Kier alpha value is -0.610. The van der Waals surface area contributed by atoms with Crippen LogP contribution >= 0.6 is 12.2 Å². The molecule has 0 aromatic rings. The monoisotopic (exact) mass is 133 g/mol. The zero-order valence-corrected chi connectivity index (χ0v) is 5.07. The zero-order valence-electron chi connectivity index (χ0n) is 4.26. The molecule has 2 N–H and O–H groups in total. The van der Waals surface area contributed by atoms with Crippen molar-refractivity contribution in [2.24, 2.45) is 0 Å². The minimum atomic E-state index is -0.0371. The van der Waals surface area contributed by atoms with Crippen molar-refractivity contribution in [3.8, 4) is 0 Å². The molecule has 0 saturated heterocycles. The molecule has 0 aliphatic heterocycles. The highest BCUT2D eigenvalue weighted by Gasteiger charge is 1.86. The summed E-state index contributed by atoms with van der Waals surface area (Å²) in [6.45, 7) is 3.68. The first-order valence-corrected chi connectivity index (χ1v) is 2.40. The topological polar surface area (TPSA) is 41.5 Å². The van der Waals surface area contributed by atoms with E-state index < -0.39 is 0 Å². The summed E-state index contributed by atoms with van der Waals surface area (Å²) in [6, 6.07) is 0. The maximum absolute atomic E-state index is 8.01. The van der Waals surface area contributed by atoms with E-state index in [2.05, 4.69) is 23.5 Å². The lowest BCUT2D eigenvalue weighted by Gasteiger charge is -1.99. The minimum absolute atomic E-state index is 0.0371. The lowest BCUT2D eigenvalue weighted by atomic mass is 10.7. The first kappa shape index (κ1) is 7.39. The fourth-order valence-electron chi connectivity index (χ4n) is 0.167. The third-order valence-corrected chi connectivity index (χ3v) is 0.633. The van der Waals surface area contributed by atoms with E-state index in [1.54, 1.807) is 5.48 Å². The summed E-state index contributed by atoms with van der Waals surface area (Å²) < 4.78 is 4.59. The van der Waals surface area contributed by atoms with Crippen LogP contribution in [0.5, 0.6) is 0 Å². The second kappa shape index (κ2) is 4.55. The van der Waals surface area contributed by atoms with Crippen molar-refractivity contribution in [3.63, 3.8) is 0 Å². The molecule has 0 bridgehead atoms. The largest absolute Gasteiger partial charge is 0.465 e. The van der Waals surface area contributed by atoms with Crippen LogP contribution in [0.4, 0.5) is 0 Å².